The van der Waals surface area contributed by atoms with Crippen molar-refractivity contribution in [3.05, 3.63) is 34.9 Å². The van der Waals surface area contributed by atoms with Crippen molar-refractivity contribution in [2.24, 2.45) is 0 Å². The van der Waals surface area contributed by atoms with E-state index in [0.717, 1.165) is 18.2 Å². The predicted molar refractivity (Wildman–Crippen MR) is 76.1 cm³/mol. The van der Waals surface area contributed by atoms with Crippen LogP contribution in [0.1, 0.15) is 44.2 Å². The summed E-state index contributed by atoms with van der Waals surface area (Å²) in [7, 11) is 0. The van der Waals surface area contributed by atoms with Gasteiger partial charge >= 0.3 is 0 Å². The fourth-order valence-corrected chi connectivity index (χ4v) is 2.61. The first-order chi connectivity index (χ1) is 8.75. The molecule has 100 valence electrons. The summed E-state index contributed by atoms with van der Waals surface area (Å²) in [6, 6.07) is 8.41. The molecule has 1 aliphatic heterocycles. The lowest BCUT2D eigenvalue weighted by Crippen LogP contribution is -2.21. The lowest BCUT2D eigenvalue weighted by molar-refractivity contribution is 0.102. The van der Waals surface area contributed by atoms with Crippen LogP contribution >= 0.6 is 11.6 Å². The zero-order chi connectivity index (χ0) is 12.8. The second kappa shape index (κ2) is 7.13. The molecule has 1 heterocycles. The number of nitrogens with one attached hydrogen (secondary N) is 1. The highest BCUT2D eigenvalue weighted by Gasteiger charge is 2.14. The van der Waals surface area contributed by atoms with Gasteiger partial charge in [0, 0.05) is 17.7 Å². The lowest BCUT2D eigenvalue weighted by Gasteiger charge is -2.15. The molecule has 3 heteroatoms. The topological polar surface area (TPSA) is 21.3 Å². The summed E-state index contributed by atoms with van der Waals surface area (Å²) in [5, 5.41) is 4.34. The van der Waals surface area contributed by atoms with E-state index in [1.165, 1.54) is 31.2 Å². The van der Waals surface area contributed by atoms with E-state index in [-0.39, 0.29) is 0 Å². The minimum absolute atomic E-state index is 0.355. The smallest absolute Gasteiger partial charge is 0.0576 e. The van der Waals surface area contributed by atoms with Crippen LogP contribution in [0, 0.1) is 0 Å². The van der Waals surface area contributed by atoms with Crippen LogP contribution in [0.15, 0.2) is 24.3 Å². The van der Waals surface area contributed by atoms with Crippen molar-refractivity contribution in [2.75, 3.05) is 13.2 Å². The minimum Gasteiger partial charge on any atom is -0.378 e. The van der Waals surface area contributed by atoms with Crippen LogP contribution in [0.5, 0.6) is 0 Å². The largest absolute Gasteiger partial charge is 0.378 e. The van der Waals surface area contributed by atoms with Crippen LogP contribution in [0.2, 0.25) is 5.02 Å². The standard InChI is InChI=1S/C15H22ClNO/c1-12(13-5-2-6-14(16)11-13)17-9-3-7-15-8-4-10-18-15/h2,5-6,11-12,15,17H,3-4,7-10H2,1H3/t12-,15?/m1/s1. The molecule has 0 saturated carbocycles. The Kier molecular flexibility index (Phi) is 5.48. The molecule has 1 N–H and O–H groups in total. The molecule has 2 nitrogen and oxygen atoms in total. The molecule has 0 amide bonds. The summed E-state index contributed by atoms with van der Waals surface area (Å²) in [5.74, 6) is 0. The molecule has 2 rings (SSSR count). The summed E-state index contributed by atoms with van der Waals surface area (Å²) < 4.78 is 5.62. The van der Waals surface area contributed by atoms with E-state index in [1.54, 1.807) is 0 Å². The van der Waals surface area contributed by atoms with Crippen LogP contribution in [-0.2, 0) is 4.74 Å². The van der Waals surface area contributed by atoms with E-state index in [9.17, 15) is 0 Å². The van der Waals surface area contributed by atoms with E-state index in [4.69, 9.17) is 16.3 Å². The Morgan fingerprint density at radius 2 is 2.39 bits per heavy atom. The minimum atomic E-state index is 0.355. The first kappa shape index (κ1) is 13.9. The quantitative estimate of drug-likeness (QED) is 0.788. The van der Waals surface area contributed by atoms with E-state index >= 15 is 0 Å². The van der Waals surface area contributed by atoms with Crippen molar-refractivity contribution >= 4 is 11.6 Å². The number of rotatable bonds is 6. The first-order valence-corrected chi connectivity index (χ1v) is 7.24. The Bertz CT molecular complexity index is 363. The molecule has 2 atom stereocenters. The van der Waals surface area contributed by atoms with Gasteiger partial charge in [0.25, 0.3) is 0 Å². The van der Waals surface area contributed by atoms with Gasteiger partial charge in [0.15, 0.2) is 0 Å². The van der Waals surface area contributed by atoms with Gasteiger partial charge in [0.05, 0.1) is 6.10 Å². The highest BCUT2D eigenvalue weighted by Crippen LogP contribution is 2.18. The highest BCUT2D eigenvalue weighted by atomic mass is 35.5. The predicted octanol–water partition coefficient (Wildman–Crippen LogP) is 3.95. The Balaban J connectivity index is 1.66. The van der Waals surface area contributed by atoms with E-state index < -0.39 is 0 Å². The summed E-state index contributed by atoms with van der Waals surface area (Å²) in [4.78, 5) is 0. The SMILES string of the molecule is C[C@@H](NCCCC1CCCO1)c1cccc(Cl)c1. The molecule has 0 aliphatic carbocycles. The Hall–Kier alpha value is -0.570. The normalized spacial score (nSPS) is 21.1. The molecule has 1 saturated heterocycles. The van der Waals surface area contributed by atoms with Gasteiger partial charge in [-0.3, -0.25) is 0 Å². The van der Waals surface area contributed by atoms with Crippen molar-refractivity contribution in [3.63, 3.8) is 0 Å². The van der Waals surface area contributed by atoms with Crippen LogP contribution in [0.4, 0.5) is 0 Å². The van der Waals surface area contributed by atoms with E-state index in [0.29, 0.717) is 12.1 Å². The third-order valence-corrected chi connectivity index (χ3v) is 3.76. The maximum absolute atomic E-state index is 5.99. The van der Waals surface area contributed by atoms with Crippen molar-refractivity contribution in [2.45, 2.75) is 44.8 Å². The van der Waals surface area contributed by atoms with Crippen LogP contribution in [0.25, 0.3) is 0 Å². The van der Waals surface area contributed by atoms with Crippen molar-refractivity contribution in [1.29, 1.82) is 0 Å². The summed E-state index contributed by atoms with van der Waals surface area (Å²) >= 11 is 5.99. The summed E-state index contributed by atoms with van der Waals surface area (Å²) in [6.07, 6.45) is 5.33. The van der Waals surface area contributed by atoms with Gasteiger partial charge in [-0.1, -0.05) is 23.7 Å². The Morgan fingerprint density at radius 3 is 3.11 bits per heavy atom. The molecule has 1 fully saturated rings. The summed E-state index contributed by atoms with van der Waals surface area (Å²) in [5.41, 5.74) is 1.25. The van der Waals surface area contributed by atoms with Crippen molar-refractivity contribution < 1.29 is 4.74 Å². The second-order valence-electron chi connectivity index (χ2n) is 5.01. The third-order valence-electron chi connectivity index (χ3n) is 3.53. The van der Waals surface area contributed by atoms with Gasteiger partial charge in [-0.15, -0.1) is 0 Å². The molecule has 0 bridgehead atoms. The number of benzene rings is 1. The molecule has 1 unspecified atom stereocenters. The van der Waals surface area contributed by atoms with E-state index in [2.05, 4.69) is 18.3 Å². The van der Waals surface area contributed by atoms with Gasteiger partial charge in [0.2, 0.25) is 0 Å². The zero-order valence-electron chi connectivity index (χ0n) is 11.0. The number of ether oxygens (including phenoxy) is 1. The molecule has 1 aromatic carbocycles. The molecule has 0 aromatic heterocycles. The number of hydrogen-bond donors (Lipinski definition) is 1. The van der Waals surface area contributed by atoms with Gasteiger partial charge < -0.3 is 10.1 Å². The maximum Gasteiger partial charge on any atom is 0.0576 e. The van der Waals surface area contributed by atoms with Crippen LogP contribution in [0.3, 0.4) is 0 Å². The fourth-order valence-electron chi connectivity index (χ4n) is 2.41. The molecular weight excluding hydrogens is 246 g/mol. The highest BCUT2D eigenvalue weighted by molar-refractivity contribution is 6.30. The van der Waals surface area contributed by atoms with Gasteiger partial charge in [-0.05, 0) is 56.8 Å². The number of halogens is 1. The lowest BCUT2D eigenvalue weighted by atomic mass is 10.1. The van der Waals surface area contributed by atoms with Crippen molar-refractivity contribution in [3.8, 4) is 0 Å². The zero-order valence-corrected chi connectivity index (χ0v) is 11.7. The van der Waals surface area contributed by atoms with Gasteiger partial charge in [0.1, 0.15) is 0 Å². The first-order valence-electron chi connectivity index (χ1n) is 6.86. The van der Waals surface area contributed by atoms with Crippen molar-refractivity contribution in [1.82, 2.24) is 5.32 Å². The van der Waals surface area contributed by atoms with Gasteiger partial charge in [-0.2, -0.15) is 0 Å². The number of hydrogen-bond acceptors (Lipinski definition) is 2. The van der Waals surface area contributed by atoms with Gasteiger partial charge in [-0.25, -0.2) is 0 Å². The van der Waals surface area contributed by atoms with Crippen LogP contribution in [-0.4, -0.2) is 19.3 Å². The average Bonchev–Trinajstić information content (AvgIpc) is 2.87. The molecule has 18 heavy (non-hydrogen) atoms. The summed E-state index contributed by atoms with van der Waals surface area (Å²) in [6.45, 7) is 4.17. The molecular formula is C15H22ClNO. The van der Waals surface area contributed by atoms with E-state index in [1.807, 2.05) is 18.2 Å². The third kappa shape index (κ3) is 4.27. The Labute approximate surface area is 115 Å². The molecule has 0 spiro atoms. The Morgan fingerprint density at radius 1 is 1.50 bits per heavy atom. The monoisotopic (exact) mass is 267 g/mol. The second-order valence-corrected chi connectivity index (χ2v) is 5.44. The molecule has 1 aromatic rings. The molecule has 1 aliphatic rings. The fraction of sp³-hybridized carbons (Fsp3) is 0.600. The maximum atomic E-state index is 5.99. The average molecular weight is 268 g/mol. The van der Waals surface area contributed by atoms with Crippen LogP contribution < -0.4 is 5.32 Å². The molecule has 0 radical (unpaired) electrons.